The normalized spacial score (nSPS) is 15.1. The molecular weight excluding hydrogens is 551 g/mol. The van der Waals surface area contributed by atoms with Gasteiger partial charge >= 0.3 is 0 Å². The fourth-order valence-electron chi connectivity index (χ4n) is 4.66. The molecule has 0 saturated carbocycles. The average Bonchev–Trinajstić information content (AvgIpc) is 2.97. The van der Waals surface area contributed by atoms with Crippen LogP contribution in [0.15, 0.2) is 72.8 Å². The molecule has 0 fully saturated rings. The lowest BCUT2D eigenvalue weighted by Gasteiger charge is -2.36. The molecule has 0 aliphatic carbocycles. The van der Waals surface area contributed by atoms with E-state index in [1.165, 1.54) is 11.0 Å². The highest BCUT2D eigenvalue weighted by Gasteiger charge is 2.36. The quantitative estimate of drug-likeness (QED) is 0.307. The van der Waals surface area contributed by atoms with Crippen molar-refractivity contribution < 1.29 is 19.2 Å². The fourth-order valence-corrected chi connectivity index (χ4v) is 4.96. The van der Waals surface area contributed by atoms with E-state index in [4.69, 9.17) is 28.9 Å². The fraction of sp³-hybridized carbons (Fsp3) is 0.267. The summed E-state index contributed by atoms with van der Waals surface area (Å²) in [4.78, 5) is 54.1. The van der Waals surface area contributed by atoms with Crippen LogP contribution in [-0.4, -0.2) is 47.0 Å². The molecule has 3 amide bonds. The summed E-state index contributed by atoms with van der Waals surface area (Å²) in [7, 11) is 0. The van der Waals surface area contributed by atoms with Crippen LogP contribution in [0.3, 0.4) is 0 Å². The second-order valence-electron chi connectivity index (χ2n) is 9.56. The number of carbonyl (C=O) groups is 4. The molecule has 2 atom stereocenters. The number of amides is 3. The Morgan fingerprint density at radius 3 is 2.30 bits per heavy atom. The number of fused-ring (bicyclic) bond motifs is 1. The van der Waals surface area contributed by atoms with E-state index in [9.17, 15) is 19.2 Å². The molecule has 3 aromatic rings. The number of anilines is 1. The van der Waals surface area contributed by atoms with Gasteiger partial charge in [-0.1, -0.05) is 77.8 Å². The minimum absolute atomic E-state index is 0.0250. The third kappa shape index (κ3) is 7.27. The highest BCUT2D eigenvalue weighted by molar-refractivity contribution is 6.42. The molecular formula is C30H30Cl2N4O4. The van der Waals surface area contributed by atoms with Crippen LogP contribution in [0, 0.1) is 0 Å². The maximum Gasteiger partial charge on any atom is 0.247 e. The van der Waals surface area contributed by atoms with Gasteiger partial charge in [0, 0.05) is 37.1 Å². The Bertz CT molecular complexity index is 1400. The number of halogens is 2. The lowest BCUT2D eigenvalue weighted by Crippen LogP contribution is -2.56. The van der Waals surface area contributed by atoms with Crippen molar-refractivity contribution in [1.82, 2.24) is 10.2 Å². The Balaban J connectivity index is 1.49. The molecule has 10 heteroatoms. The molecule has 208 valence electrons. The lowest BCUT2D eigenvalue weighted by molar-refractivity contribution is -0.142. The Labute approximate surface area is 242 Å². The van der Waals surface area contributed by atoms with Crippen LogP contribution in [0.5, 0.6) is 0 Å². The van der Waals surface area contributed by atoms with E-state index < -0.39 is 23.9 Å². The zero-order valence-electron chi connectivity index (χ0n) is 21.7. The van der Waals surface area contributed by atoms with Crippen molar-refractivity contribution in [3.8, 4) is 0 Å². The van der Waals surface area contributed by atoms with Gasteiger partial charge in [0.1, 0.15) is 12.1 Å². The molecule has 4 N–H and O–H groups in total. The Kier molecular flexibility index (Phi) is 9.93. The third-order valence-electron chi connectivity index (χ3n) is 6.81. The first-order chi connectivity index (χ1) is 19.3. The van der Waals surface area contributed by atoms with Crippen molar-refractivity contribution in [3.63, 3.8) is 0 Å². The number of carbonyl (C=O) groups excluding carboxylic acids is 4. The molecule has 40 heavy (non-hydrogen) atoms. The molecule has 3 aromatic carbocycles. The summed E-state index contributed by atoms with van der Waals surface area (Å²) in [6.45, 7) is 0.376. The predicted octanol–water partition coefficient (Wildman–Crippen LogP) is 4.38. The third-order valence-corrected chi connectivity index (χ3v) is 7.55. The maximum atomic E-state index is 13.6. The smallest absolute Gasteiger partial charge is 0.247 e. The number of nitrogens with zero attached hydrogens (tertiary/aromatic N) is 1. The molecule has 0 saturated heterocycles. The summed E-state index contributed by atoms with van der Waals surface area (Å²) < 4.78 is 0. The van der Waals surface area contributed by atoms with E-state index in [1.54, 1.807) is 36.4 Å². The molecule has 0 radical (unpaired) electrons. The van der Waals surface area contributed by atoms with Gasteiger partial charge in [0.2, 0.25) is 17.7 Å². The van der Waals surface area contributed by atoms with Crippen LogP contribution in [0.1, 0.15) is 40.7 Å². The summed E-state index contributed by atoms with van der Waals surface area (Å²) in [5.74, 6) is -1.40. The number of rotatable bonds is 10. The van der Waals surface area contributed by atoms with Crippen LogP contribution in [-0.2, 0) is 27.3 Å². The van der Waals surface area contributed by atoms with Gasteiger partial charge in [0.25, 0.3) is 0 Å². The van der Waals surface area contributed by atoms with Crippen molar-refractivity contribution in [3.05, 3.63) is 99.5 Å². The Morgan fingerprint density at radius 2 is 1.60 bits per heavy atom. The molecule has 1 heterocycles. The van der Waals surface area contributed by atoms with Crippen LogP contribution in [0.25, 0.3) is 0 Å². The van der Waals surface area contributed by atoms with Crippen LogP contribution in [0.2, 0.25) is 10.0 Å². The second kappa shape index (κ2) is 13.6. The molecule has 1 aliphatic rings. The molecule has 0 spiro atoms. The van der Waals surface area contributed by atoms with E-state index in [-0.39, 0.29) is 55.5 Å². The summed E-state index contributed by atoms with van der Waals surface area (Å²) in [5.41, 5.74) is 8.58. The lowest BCUT2D eigenvalue weighted by atomic mass is 9.92. The standard InChI is InChI=1S/C30H30Cl2N4O4/c31-23-11-10-22(17-24(23)32)34-29(39)25(14-15-33)35-30(40)26-16-20-8-4-5-9-21(20)18-36(26)28(38)13-12-27(37)19-6-2-1-3-7-19/h1-11,17,25-26H,12-16,18,33H2,(H,34,39)(H,35,40). The average molecular weight is 582 g/mol. The number of benzene rings is 3. The van der Waals surface area contributed by atoms with Crippen molar-refractivity contribution >= 4 is 52.4 Å². The highest BCUT2D eigenvalue weighted by Crippen LogP contribution is 2.26. The van der Waals surface area contributed by atoms with Crippen LogP contribution >= 0.6 is 23.2 Å². The molecule has 0 aromatic heterocycles. The summed E-state index contributed by atoms with van der Waals surface area (Å²) in [6, 6.07) is 19.2. The molecule has 4 rings (SSSR count). The van der Waals surface area contributed by atoms with Gasteiger partial charge in [0.05, 0.1) is 10.0 Å². The van der Waals surface area contributed by atoms with Crippen molar-refractivity contribution in [2.45, 2.75) is 44.3 Å². The van der Waals surface area contributed by atoms with E-state index in [1.807, 2.05) is 30.3 Å². The van der Waals surface area contributed by atoms with Crippen LogP contribution in [0.4, 0.5) is 5.69 Å². The summed E-state index contributed by atoms with van der Waals surface area (Å²) in [6.07, 6.45) is 0.451. The first-order valence-corrected chi connectivity index (χ1v) is 13.7. The second-order valence-corrected chi connectivity index (χ2v) is 10.4. The Hall–Kier alpha value is -3.72. The van der Waals surface area contributed by atoms with Crippen molar-refractivity contribution in [1.29, 1.82) is 0 Å². The van der Waals surface area contributed by atoms with Gasteiger partial charge in [0.15, 0.2) is 5.78 Å². The largest absolute Gasteiger partial charge is 0.342 e. The summed E-state index contributed by atoms with van der Waals surface area (Å²) in [5, 5.41) is 6.14. The molecule has 1 aliphatic heterocycles. The minimum Gasteiger partial charge on any atom is -0.342 e. The number of hydrogen-bond acceptors (Lipinski definition) is 5. The van der Waals surface area contributed by atoms with E-state index in [0.717, 1.165) is 11.1 Å². The number of nitrogens with one attached hydrogen (secondary N) is 2. The van der Waals surface area contributed by atoms with E-state index >= 15 is 0 Å². The van der Waals surface area contributed by atoms with E-state index in [0.29, 0.717) is 16.3 Å². The first kappa shape index (κ1) is 29.3. The number of nitrogens with two attached hydrogens (primary N) is 1. The van der Waals surface area contributed by atoms with Crippen molar-refractivity contribution in [2.24, 2.45) is 5.73 Å². The number of hydrogen-bond donors (Lipinski definition) is 3. The van der Waals surface area contributed by atoms with Gasteiger partial charge < -0.3 is 21.3 Å². The van der Waals surface area contributed by atoms with Gasteiger partial charge in [-0.15, -0.1) is 0 Å². The maximum absolute atomic E-state index is 13.6. The van der Waals surface area contributed by atoms with Gasteiger partial charge in [-0.05, 0) is 42.3 Å². The topological polar surface area (TPSA) is 122 Å². The zero-order valence-corrected chi connectivity index (χ0v) is 23.3. The molecule has 0 bridgehead atoms. The summed E-state index contributed by atoms with van der Waals surface area (Å²) >= 11 is 12.0. The molecule has 2 unspecified atom stereocenters. The predicted molar refractivity (Wildman–Crippen MR) is 155 cm³/mol. The first-order valence-electron chi connectivity index (χ1n) is 13.0. The Morgan fingerprint density at radius 1 is 0.900 bits per heavy atom. The van der Waals surface area contributed by atoms with E-state index in [2.05, 4.69) is 10.6 Å². The number of ketones is 1. The van der Waals surface area contributed by atoms with Crippen LogP contribution < -0.4 is 16.4 Å². The van der Waals surface area contributed by atoms with Gasteiger partial charge in [-0.3, -0.25) is 19.2 Å². The van der Waals surface area contributed by atoms with Crippen molar-refractivity contribution in [2.75, 3.05) is 11.9 Å². The number of Topliss-reactive ketones (excluding diaryl/α,β-unsaturated/α-hetero) is 1. The molecule has 8 nitrogen and oxygen atoms in total. The zero-order chi connectivity index (χ0) is 28.6. The minimum atomic E-state index is -0.944. The monoisotopic (exact) mass is 580 g/mol. The van der Waals surface area contributed by atoms with Gasteiger partial charge in [-0.25, -0.2) is 0 Å². The van der Waals surface area contributed by atoms with Gasteiger partial charge in [-0.2, -0.15) is 0 Å². The SMILES string of the molecule is NCCC(NC(=O)C1Cc2ccccc2CN1C(=O)CCC(=O)c1ccccc1)C(=O)Nc1ccc(Cl)c(Cl)c1. The highest BCUT2D eigenvalue weighted by atomic mass is 35.5.